The number of tetrazole rings is 1. The Labute approximate surface area is 122 Å². The van der Waals surface area contributed by atoms with E-state index in [9.17, 15) is 20.0 Å². The highest BCUT2D eigenvalue weighted by atomic mass is 16.6. The van der Waals surface area contributed by atoms with Crippen molar-refractivity contribution in [3.05, 3.63) is 33.9 Å². The van der Waals surface area contributed by atoms with Gasteiger partial charge in [0.1, 0.15) is 6.54 Å². The summed E-state index contributed by atoms with van der Waals surface area (Å²) >= 11 is 0. The zero-order valence-corrected chi connectivity index (χ0v) is 10.9. The number of amides is 1. The summed E-state index contributed by atoms with van der Waals surface area (Å²) < 4.78 is 1.04. The van der Waals surface area contributed by atoms with E-state index in [1.807, 2.05) is 0 Å². The summed E-state index contributed by atoms with van der Waals surface area (Å²) in [5.41, 5.74) is 7.21. The number of hydrogen-bond donors (Lipinski definition) is 2. The summed E-state index contributed by atoms with van der Waals surface area (Å²) in [5.74, 6) is -1.10. The van der Waals surface area contributed by atoms with E-state index in [0.29, 0.717) is 0 Å². The molecular weight excluding hydrogens is 296 g/mol. The first-order chi connectivity index (χ1) is 10.5. The molecule has 0 aliphatic rings. The number of nitro benzene ring substituents is 1. The molecule has 114 valence electrons. The molecule has 12 nitrogen and oxygen atoms in total. The van der Waals surface area contributed by atoms with E-state index in [0.717, 1.165) is 29.1 Å². The highest BCUT2D eigenvalue weighted by Crippen LogP contribution is 2.18. The Morgan fingerprint density at radius 2 is 2.32 bits per heavy atom. The highest BCUT2D eigenvalue weighted by Gasteiger charge is 2.07. The van der Waals surface area contributed by atoms with E-state index in [1.54, 1.807) is 0 Å². The van der Waals surface area contributed by atoms with Gasteiger partial charge < -0.3 is 10.8 Å². The number of rotatable bonds is 5. The van der Waals surface area contributed by atoms with E-state index in [2.05, 4.69) is 26.1 Å². The van der Waals surface area contributed by atoms with E-state index < -0.39 is 16.6 Å². The first-order valence-electron chi connectivity index (χ1n) is 5.76. The van der Waals surface area contributed by atoms with Crippen molar-refractivity contribution in [1.82, 2.24) is 25.6 Å². The van der Waals surface area contributed by atoms with Crippen LogP contribution in [0, 0.1) is 10.1 Å². The molecule has 1 aromatic heterocycles. The normalized spacial score (nSPS) is 10.7. The van der Waals surface area contributed by atoms with Gasteiger partial charge in [-0.1, -0.05) is 16.9 Å². The Hall–Kier alpha value is -3.57. The number of anilines is 1. The van der Waals surface area contributed by atoms with Gasteiger partial charge in [-0.15, -0.1) is 0 Å². The molecule has 2 aromatic rings. The number of carbonyl (C=O) groups is 1. The van der Waals surface area contributed by atoms with Crippen molar-refractivity contribution < 1.29 is 14.8 Å². The molecule has 2 rings (SSSR count). The van der Waals surface area contributed by atoms with Gasteiger partial charge in [0.2, 0.25) is 5.95 Å². The molecule has 0 saturated carbocycles. The average Bonchev–Trinajstić information content (AvgIpc) is 2.86. The van der Waals surface area contributed by atoms with Gasteiger partial charge in [-0.25, -0.2) is 10.1 Å². The highest BCUT2D eigenvalue weighted by molar-refractivity contribution is 5.85. The predicted molar refractivity (Wildman–Crippen MR) is 70.5 cm³/mol. The van der Waals surface area contributed by atoms with E-state index in [1.165, 1.54) is 0 Å². The van der Waals surface area contributed by atoms with Crippen LogP contribution in [-0.4, -0.2) is 37.3 Å². The maximum Gasteiger partial charge on any atom is 0.270 e. The van der Waals surface area contributed by atoms with Gasteiger partial charge in [-0.3, -0.25) is 14.9 Å². The second-order valence-corrected chi connectivity index (χ2v) is 3.97. The number of aromatic nitrogens is 4. The smallest absolute Gasteiger partial charge is 0.270 e. The minimum Gasteiger partial charge on any atom is -0.872 e. The number of nitro groups is 1. The molecule has 3 N–H and O–H groups in total. The van der Waals surface area contributed by atoms with E-state index in [4.69, 9.17) is 5.73 Å². The van der Waals surface area contributed by atoms with Crippen LogP contribution in [-0.2, 0) is 11.3 Å². The predicted octanol–water partition coefficient (Wildman–Crippen LogP) is -1.61. The van der Waals surface area contributed by atoms with Crippen LogP contribution in [0.1, 0.15) is 5.56 Å². The fourth-order valence-corrected chi connectivity index (χ4v) is 1.42. The summed E-state index contributed by atoms with van der Waals surface area (Å²) in [6.07, 6.45) is 1.01. The summed E-state index contributed by atoms with van der Waals surface area (Å²) in [6, 6.07) is 3.18. The Kier molecular flexibility index (Phi) is 4.22. The summed E-state index contributed by atoms with van der Waals surface area (Å²) in [5, 5.41) is 35.8. The summed E-state index contributed by atoms with van der Waals surface area (Å²) in [7, 11) is 0. The van der Waals surface area contributed by atoms with Crippen molar-refractivity contribution in [1.29, 1.82) is 0 Å². The Balaban J connectivity index is 2.00. The molecule has 1 aromatic carbocycles. The van der Waals surface area contributed by atoms with Gasteiger partial charge >= 0.3 is 0 Å². The van der Waals surface area contributed by atoms with Gasteiger partial charge in [0.05, 0.1) is 11.1 Å². The number of nitrogens with one attached hydrogen (secondary N) is 1. The van der Waals surface area contributed by atoms with Crippen molar-refractivity contribution in [2.45, 2.75) is 6.54 Å². The lowest BCUT2D eigenvalue weighted by molar-refractivity contribution is -0.385. The van der Waals surface area contributed by atoms with Gasteiger partial charge in [-0.2, -0.15) is 5.10 Å². The van der Waals surface area contributed by atoms with Crippen LogP contribution in [0.5, 0.6) is 5.75 Å². The summed E-state index contributed by atoms with van der Waals surface area (Å²) in [4.78, 5) is 21.5. The molecule has 0 saturated heterocycles. The molecule has 0 spiro atoms. The zero-order chi connectivity index (χ0) is 16.1. The van der Waals surface area contributed by atoms with Crippen molar-refractivity contribution in [2.75, 3.05) is 5.73 Å². The number of nitrogens with two attached hydrogens (primary N) is 1. The number of hydrazone groups is 1. The van der Waals surface area contributed by atoms with Gasteiger partial charge in [0.15, 0.2) is 0 Å². The third-order valence-corrected chi connectivity index (χ3v) is 2.45. The van der Waals surface area contributed by atoms with Crippen molar-refractivity contribution >= 4 is 23.8 Å². The summed E-state index contributed by atoms with van der Waals surface area (Å²) in [6.45, 7) is -0.269. The number of nitrogens with zero attached hydrogens (tertiary/aromatic N) is 6. The molecule has 0 aliphatic heterocycles. The van der Waals surface area contributed by atoms with Crippen LogP contribution in [0.4, 0.5) is 11.6 Å². The first kappa shape index (κ1) is 14.8. The Morgan fingerprint density at radius 1 is 1.55 bits per heavy atom. The Morgan fingerprint density at radius 3 is 2.95 bits per heavy atom. The zero-order valence-electron chi connectivity index (χ0n) is 10.9. The van der Waals surface area contributed by atoms with Crippen LogP contribution < -0.4 is 16.3 Å². The van der Waals surface area contributed by atoms with Crippen molar-refractivity contribution in [2.24, 2.45) is 5.10 Å². The molecule has 0 aliphatic carbocycles. The SMILES string of the molecule is Nc1nnnn1CC(=O)N/N=C\c1cc([N+](=O)[O-])ccc1[O-]. The van der Waals surface area contributed by atoms with Crippen LogP contribution in [0.25, 0.3) is 0 Å². The molecule has 0 fully saturated rings. The quantitative estimate of drug-likeness (QED) is 0.376. The minimum absolute atomic E-state index is 0.0311. The average molecular weight is 305 g/mol. The third-order valence-electron chi connectivity index (χ3n) is 2.45. The number of hydrogen-bond acceptors (Lipinski definition) is 9. The van der Waals surface area contributed by atoms with Crippen molar-refractivity contribution in [3.63, 3.8) is 0 Å². The van der Waals surface area contributed by atoms with Gasteiger partial charge in [0, 0.05) is 12.1 Å². The largest absolute Gasteiger partial charge is 0.872 e. The number of nitrogen functional groups attached to an aromatic ring is 1. The first-order valence-corrected chi connectivity index (χ1v) is 5.76. The van der Waals surface area contributed by atoms with E-state index in [-0.39, 0.29) is 23.7 Å². The number of carbonyl (C=O) groups excluding carboxylic acids is 1. The fraction of sp³-hybridized carbons (Fsp3) is 0.100. The topological polar surface area (TPSA) is 177 Å². The molecule has 12 heteroatoms. The van der Waals surface area contributed by atoms with Crippen molar-refractivity contribution in [3.8, 4) is 5.75 Å². The fourth-order valence-electron chi connectivity index (χ4n) is 1.42. The minimum atomic E-state index is -0.643. The van der Waals surface area contributed by atoms with Crippen LogP contribution in [0.15, 0.2) is 23.3 Å². The third kappa shape index (κ3) is 3.50. The maximum absolute atomic E-state index is 11.5. The monoisotopic (exact) mass is 305 g/mol. The van der Waals surface area contributed by atoms with Crippen LogP contribution in [0.2, 0.25) is 0 Å². The van der Waals surface area contributed by atoms with Gasteiger partial charge in [-0.05, 0) is 16.0 Å². The molecule has 22 heavy (non-hydrogen) atoms. The van der Waals surface area contributed by atoms with Crippen LogP contribution >= 0.6 is 0 Å². The van der Waals surface area contributed by atoms with E-state index >= 15 is 0 Å². The second-order valence-electron chi connectivity index (χ2n) is 3.97. The molecule has 1 amide bonds. The maximum atomic E-state index is 11.5. The molecule has 0 unspecified atom stereocenters. The van der Waals surface area contributed by atoms with Crippen LogP contribution in [0.3, 0.4) is 0 Å². The number of non-ortho nitro benzene ring substituents is 1. The second kappa shape index (κ2) is 6.25. The molecule has 0 bridgehead atoms. The Bertz CT molecular complexity index is 740. The number of benzene rings is 1. The molecule has 1 heterocycles. The lowest BCUT2D eigenvalue weighted by Crippen LogP contribution is -2.24. The lowest BCUT2D eigenvalue weighted by atomic mass is 10.2. The molecular formula is C10H9N8O4-. The standard InChI is InChI=1S/C10H10N8O4/c11-10-14-15-16-17(10)5-9(20)13-12-4-6-3-7(18(21)22)1-2-8(6)19/h1-4,19H,5H2,(H,13,20)(H2,11,14,16)/p-1/b12-4-. The lowest BCUT2D eigenvalue weighted by Gasteiger charge is -2.08. The molecule has 0 radical (unpaired) electrons. The van der Waals surface area contributed by atoms with Gasteiger partial charge in [0.25, 0.3) is 11.6 Å². The molecule has 0 atom stereocenters.